The van der Waals surface area contributed by atoms with Gasteiger partial charge < -0.3 is 0 Å². The van der Waals surface area contributed by atoms with E-state index in [0.29, 0.717) is 21.9 Å². The molecule has 5 nitrogen and oxygen atoms in total. The van der Waals surface area contributed by atoms with Crippen LogP contribution in [0.2, 0.25) is 5.02 Å². The Morgan fingerprint density at radius 2 is 1.74 bits per heavy atom. The van der Waals surface area contributed by atoms with E-state index < -0.39 is 9.84 Å². The second-order valence-corrected chi connectivity index (χ2v) is 7.40. The highest BCUT2D eigenvalue weighted by molar-refractivity contribution is 7.90. The molecule has 0 heterocycles. The average Bonchev–Trinajstić information content (AvgIpc) is 2.51. The van der Waals surface area contributed by atoms with Crippen LogP contribution in [0.25, 0.3) is 0 Å². The highest BCUT2D eigenvalue weighted by atomic mass is 35.5. The van der Waals surface area contributed by atoms with E-state index in [9.17, 15) is 13.2 Å². The summed E-state index contributed by atoms with van der Waals surface area (Å²) in [4.78, 5) is 12.2. The third-order valence-electron chi connectivity index (χ3n) is 3.11. The molecular weight excluding hydrogens is 336 g/mol. The molecule has 0 aliphatic heterocycles. The van der Waals surface area contributed by atoms with Crippen molar-refractivity contribution in [2.24, 2.45) is 5.10 Å². The smallest absolute Gasteiger partial charge is 0.267 e. The Morgan fingerprint density at radius 1 is 1.09 bits per heavy atom. The van der Waals surface area contributed by atoms with Crippen LogP contribution in [0.5, 0.6) is 0 Å². The van der Waals surface area contributed by atoms with Gasteiger partial charge in [-0.3, -0.25) is 4.79 Å². The first-order valence-electron chi connectivity index (χ1n) is 6.68. The van der Waals surface area contributed by atoms with Crippen LogP contribution in [0.1, 0.15) is 22.8 Å². The molecule has 2 aromatic rings. The third-order valence-corrected chi connectivity index (χ3v) is 4.48. The molecule has 7 heteroatoms. The molecule has 0 atom stereocenters. The maximum atomic E-state index is 12.0. The molecular formula is C16H15ClN2O3S. The summed E-state index contributed by atoms with van der Waals surface area (Å²) in [6, 6.07) is 12.8. The molecule has 0 fully saturated rings. The van der Waals surface area contributed by atoms with E-state index in [1.54, 1.807) is 43.3 Å². The summed E-state index contributed by atoms with van der Waals surface area (Å²) in [7, 11) is -3.23. The lowest BCUT2D eigenvalue weighted by Gasteiger charge is -2.04. The largest absolute Gasteiger partial charge is 0.271 e. The van der Waals surface area contributed by atoms with E-state index in [-0.39, 0.29) is 10.8 Å². The van der Waals surface area contributed by atoms with Crippen molar-refractivity contribution in [2.45, 2.75) is 11.8 Å². The zero-order valence-corrected chi connectivity index (χ0v) is 14.1. The fourth-order valence-corrected chi connectivity index (χ4v) is 2.66. The molecule has 1 amide bonds. The number of rotatable bonds is 4. The molecule has 2 aromatic carbocycles. The number of amides is 1. The molecule has 23 heavy (non-hydrogen) atoms. The van der Waals surface area contributed by atoms with Gasteiger partial charge in [-0.05, 0) is 42.8 Å². The normalized spacial score (nSPS) is 12.0. The van der Waals surface area contributed by atoms with Crippen molar-refractivity contribution in [2.75, 3.05) is 6.26 Å². The van der Waals surface area contributed by atoms with E-state index in [0.717, 1.165) is 6.26 Å². The van der Waals surface area contributed by atoms with Crippen molar-refractivity contribution in [3.63, 3.8) is 0 Å². The summed E-state index contributed by atoms with van der Waals surface area (Å²) in [6.45, 7) is 1.72. The number of hydrogen-bond donors (Lipinski definition) is 1. The van der Waals surface area contributed by atoms with Crippen LogP contribution in [0.3, 0.4) is 0 Å². The minimum Gasteiger partial charge on any atom is -0.267 e. The zero-order chi connectivity index (χ0) is 17.0. The fourth-order valence-electron chi connectivity index (χ4n) is 1.84. The van der Waals surface area contributed by atoms with Gasteiger partial charge in [0.15, 0.2) is 9.84 Å². The first-order valence-corrected chi connectivity index (χ1v) is 8.95. The van der Waals surface area contributed by atoms with Gasteiger partial charge >= 0.3 is 0 Å². The van der Waals surface area contributed by atoms with Crippen LogP contribution in [0.4, 0.5) is 0 Å². The molecule has 1 N–H and O–H groups in total. The summed E-state index contributed by atoms with van der Waals surface area (Å²) in [5.41, 5.74) is 4.11. The Morgan fingerprint density at radius 3 is 2.30 bits per heavy atom. The Balaban J connectivity index is 2.12. The number of carbonyl (C=O) groups excluding carboxylic acids is 1. The SMILES string of the molecule is C/C(=N/NC(=O)c1cccc(Cl)c1)c1ccc(S(C)(=O)=O)cc1. The number of halogens is 1. The summed E-state index contributed by atoms with van der Waals surface area (Å²) < 4.78 is 22.8. The van der Waals surface area contributed by atoms with Crippen LogP contribution < -0.4 is 5.43 Å². The van der Waals surface area contributed by atoms with Gasteiger partial charge in [-0.25, -0.2) is 13.8 Å². The summed E-state index contributed by atoms with van der Waals surface area (Å²) in [5.74, 6) is -0.375. The molecule has 0 spiro atoms. The van der Waals surface area contributed by atoms with Gasteiger partial charge in [-0.1, -0.05) is 29.8 Å². The van der Waals surface area contributed by atoms with Crippen LogP contribution in [0, 0.1) is 0 Å². The number of carbonyl (C=O) groups is 1. The lowest BCUT2D eigenvalue weighted by molar-refractivity contribution is 0.0955. The predicted molar refractivity (Wildman–Crippen MR) is 90.7 cm³/mol. The van der Waals surface area contributed by atoms with Gasteiger partial charge in [0.25, 0.3) is 5.91 Å². The Bertz CT molecular complexity index is 859. The minimum absolute atomic E-state index is 0.233. The van der Waals surface area contributed by atoms with Gasteiger partial charge in [-0.15, -0.1) is 0 Å². The van der Waals surface area contributed by atoms with E-state index in [1.165, 1.54) is 12.1 Å². The molecule has 0 aliphatic carbocycles. The summed E-state index contributed by atoms with van der Waals surface area (Å²) >= 11 is 5.83. The molecule has 0 aliphatic rings. The average molecular weight is 351 g/mol. The molecule has 0 bridgehead atoms. The number of nitrogens with one attached hydrogen (secondary N) is 1. The standard InChI is InChI=1S/C16H15ClN2O3S/c1-11(12-6-8-15(9-7-12)23(2,21)22)18-19-16(20)13-4-3-5-14(17)10-13/h3-10H,1-2H3,(H,19,20)/b18-11-. The summed E-state index contributed by atoms with van der Waals surface area (Å²) in [5, 5.41) is 4.48. The maximum absolute atomic E-state index is 12.0. The minimum atomic E-state index is -3.23. The number of sulfone groups is 1. The van der Waals surface area contributed by atoms with Crippen LogP contribution in [0.15, 0.2) is 58.5 Å². The van der Waals surface area contributed by atoms with Crippen molar-refractivity contribution in [1.82, 2.24) is 5.43 Å². The third kappa shape index (κ3) is 4.64. The van der Waals surface area contributed by atoms with Gasteiger partial charge in [-0.2, -0.15) is 5.10 Å². The molecule has 0 unspecified atom stereocenters. The molecule has 2 rings (SSSR count). The van der Waals surface area contributed by atoms with Crippen molar-refractivity contribution in [3.05, 3.63) is 64.7 Å². The van der Waals surface area contributed by atoms with Crippen molar-refractivity contribution >= 4 is 33.1 Å². The van der Waals surface area contributed by atoms with E-state index >= 15 is 0 Å². The van der Waals surface area contributed by atoms with Gasteiger partial charge in [0.1, 0.15) is 0 Å². The lowest BCUT2D eigenvalue weighted by Crippen LogP contribution is -2.19. The summed E-state index contributed by atoms with van der Waals surface area (Å²) in [6.07, 6.45) is 1.15. The molecule has 0 radical (unpaired) electrons. The number of hydrazone groups is 1. The highest BCUT2D eigenvalue weighted by Crippen LogP contribution is 2.12. The number of benzene rings is 2. The van der Waals surface area contributed by atoms with Crippen LogP contribution in [-0.2, 0) is 9.84 Å². The molecule has 120 valence electrons. The van der Waals surface area contributed by atoms with Crippen LogP contribution in [-0.4, -0.2) is 26.3 Å². The first kappa shape index (κ1) is 17.2. The van der Waals surface area contributed by atoms with E-state index in [1.807, 2.05) is 0 Å². The molecule has 0 saturated carbocycles. The van der Waals surface area contributed by atoms with Gasteiger partial charge in [0, 0.05) is 16.8 Å². The lowest BCUT2D eigenvalue weighted by atomic mass is 10.1. The van der Waals surface area contributed by atoms with E-state index in [2.05, 4.69) is 10.5 Å². The molecule has 0 aromatic heterocycles. The van der Waals surface area contributed by atoms with Crippen LogP contribution >= 0.6 is 11.6 Å². The Kier molecular flexibility index (Phi) is 5.18. The zero-order valence-electron chi connectivity index (χ0n) is 12.6. The second kappa shape index (κ2) is 6.93. The number of nitrogens with zero attached hydrogens (tertiary/aromatic N) is 1. The van der Waals surface area contributed by atoms with E-state index in [4.69, 9.17) is 11.6 Å². The van der Waals surface area contributed by atoms with Crippen molar-refractivity contribution in [3.8, 4) is 0 Å². The quantitative estimate of drug-likeness (QED) is 0.680. The van der Waals surface area contributed by atoms with Crippen molar-refractivity contribution < 1.29 is 13.2 Å². The Hall–Kier alpha value is -2.18. The fraction of sp³-hybridized carbons (Fsp3) is 0.125. The van der Waals surface area contributed by atoms with Crippen molar-refractivity contribution in [1.29, 1.82) is 0 Å². The topological polar surface area (TPSA) is 75.6 Å². The second-order valence-electron chi connectivity index (χ2n) is 4.95. The number of hydrogen-bond acceptors (Lipinski definition) is 4. The molecule has 0 saturated heterocycles. The first-order chi connectivity index (χ1) is 10.8. The van der Waals surface area contributed by atoms with Gasteiger partial charge in [0.05, 0.1) is 10.6 Å². The van der Waals surface area contributed by atoms with Gasteiger partial charge in [0.2, 0.25) is 0 Å². The highest BCUT2D eigenvalue weighted by Gasteiger charge is 2.08. The Labute approximate surface area is 139 Å². The monoisotopic (exact) mass is 350 g/mol. The predicted octanol–water partition coefficient (Wildman–Crippen LogP) is 2.90. The maximum Gasteiger partial charge on any atom is 0.271 e.